The van der Waals surface area contributed by atoms with E-state index in [1.54, 1.807) is 31.4 Å². The van der Waals surface area contributed by atoms with Crippen molar-refractivity contribution < 1.29 is 14.3 Å². The Kier molecular flexibility index (Phi) is 6.85. The van der Waals surface area contributed by atoms with Crippen LogP contribution in [0, 0.1) is 0 Å². The highest BCUT2D eigenvalue weighted by atomic mass is 16.5. The molecule has 3 N–H and O–H groups in total. The Bertz CT molecular complexity index is 736. The maximum atomic E-state index is 12.1. The van der Waals surface area contributed by atoms with E-state index in [2.05, 4.69) is 25.9 Å². The second-order valence-corrected chi connectivity index (χ2v) is 5.25. The van der Waals surface area contributed by atoms with Crippen molar-refractivity contribution in [3.05, 3.63) is 42.2 Å². The van der Waals surface area contributed by atoms with Crippen LogP contribution in [-0.2, 0) is 9.53 Å². The van der Waals surface area contributed by atoms with E-state index in [-0.39, 0.29) is 17.5 Å². The minimum Gasteiger partial charge on any atom is -0.385 e. The normalized spacial score (nSPS) is 10.2. The smallest absolute Gasteiger partial charge is 0.270 e. The summed E-state index contributed by atoms with van der Waals surface area (Å²) in [5.74, 6) is -0.126. The summed E-state index contributed by atoms with van der Waals surface area (Å²) in [5, 5.41) is 8.49. The number of ether oxygens (including phenoxy) is 1. The average molecular weight is 343 g/mol. The molecule has 0 bridgehead atoms. The highest BCUT2D eigenvalue weighted by Crippen LogP contribution is 2.18. The molecule has 0 saturated heterocycles. The third kappa shape index (κ3) is 6.19. The van der Waals surface area contributed by atoms with Gasteiger partial charge in [-0.25, -0.2) is 9.97 Å². The lowest BCUT2D eigenvalue weighted by atomic mass is 10.2. The first-order valence-corrected chi connectivity index (χ1v) is 7.83. The molecule has 8 nitrogen and oxygen atoms in total. The third-order valence-corrected chi connectivity index (χ3v) is 3.14. The molecule has 0 aliphatic heterocycles. The number of nitrogens with one attached hydrogen (secondary N) is 3. The Labute approximate surface area is 146 Å². The third-order valence-electron chi connectivity index (χ3n) is 3.14. The van der Waals surface area contributed by atoms with Crippen molar-refractivity contribution in [3.63, 3.8) is 0 Å². The number of nitrogens with zero attached hydrogens (tertiary/aromatic N) is 2. The maximum absolute atomic E-state index is 12.1. The highest BCUT2D eigenvalue weighted by Gasteiger charge is 2.08. The molecule has 0 radical (unpaired) electrons. The van der Waals surface area contributed by atoms with Crippen molar-refractivity contribution in [2.45, 2.75) is 13.3 Å². The summed E-state index contributed by atoms with van der Waals surface area (Å²) in [7, 11) is 1.62. The van der Waals surface area contributed by atoms with Crippen LogP contribution >= 0.6 is 0 Å². The van der Waals surface area contributed by atoms with E-state index < -0.39 is 0 Å². The number of hydrogen-bond acceptors (Lipinski definition) is 6. The quantitative estimate of drug-likeness (QED) is 0.633. The summed E-state index contributed by atoms with van der Waals surface area (Å²) >= 11 is 0. The zero-order valence-electron chi connectivity index (χ0n) is 14.2. The minimum absolute atomic E-state index is 0.152. The van der Waals surface area contributed by atoms with Gasteiger partial charge in [0.1, 0.15) is 5.69 Å². The fraction of sp³-hybridized carbons (Fsp3) is 0.294. The van der Waals surface area contributed by atoms with Gasteiger partial charge in [0.2, 0.25) is 11.9 Å². The van der Waals surface area contributed by atoms with E-state index in [1.807, 2.05) is 6.07 Å². The zero-order valence-corrected chi connectivity index (χ0v) is 14.2. The summed E-state index contributed by atoms with van der Waals surface area (Å²) < 4.78 is 4.94. The number of benzene rings is 1. The number of carbonyl (C=O) groups is 2. The van der Waals surface area contributed by atoms with Crippen LogP contribution in [0.5, 0.6) is 0 Å². The van der Waals surface area contributed by atoms with Crippen molar-refractivity contribution in [1.29, 1.82) is 0 Å². The monoisotopic (exact) mass is 343 g/mol. The van der Waals surface area contributed by atoms with Crippen LogP contribution in [0.1, 0.15) is 23.8 Å². The first-order chi connectivity index (χ1) is 12.1. The molecule has 1 aromatic carbocycles. The molecular formula is C17H21N5O3. The van der Waals surface area contributed by atoms with Crippen molar-refractivity contribution in [2.75, 3.05) is 30.9 Å². The number of rotatable bonds is 8. The van der Waals surface area contributed by atoms with Crippen molar-refractivity contribution in [1.82, 2.24) is 15.3 Å². The summed E-state index contributed by atoms with van der Waals surface area (Å²) in [6.07, 6.45) is 2.24. The standard InChI is InChI=1S/C17H21N5O3/c1-12(23)20-13-5-3-6-14(11-13)21-17-19-9-7-15(22-17)16(24)18-8-4-10-25-2/h3,5-7,9,11H,4,8,10H2,1-2H3,(H,18,24)(H,20,23)(H,19,21,22). The Morgan fingerprint density at radius 1 is 1.20 bits per heavy atom. The van der Waals surface area contributed by atoms with Gasteiger partial charge in [0, 0.05) is 44.8 Å². The molecule has 1 aromatic heterocycles. The Morgan fingerprint density at radius 3 is 2.76 bits per heavy atom. The summed E-state index contributed by atoms with van der Waals surface area (Å²) in [4.78, 5) is 31.5. The van der Waals surface area contributed by atoms with Crippen LogP contribution in [-0.4, -0.2) is 42.0 Å². The van der Waals surface area contributed by atoms with Crippen molar-refractivity contribution in [3.8, 4) is 0 Å². The molecule has 0 unspecified atom stereocenters. The first-order valence-electron chi connectivity index (χ1n) is 7.83. The Balaban J connectivity index is 2.01. The van der Waals surface area contributed by atoms with E-state index in [0.717, 1.165) is 6.42 Å². The highest BCUT2D eigenvalue weighted by molar-refractivity contribution is 5.92. The predicted octanol–water partition coefficient (Wildman–Crippen LogP) is 1.94. The number of carbonyl (C=O) groups excluding carboxylic acids is 2. The molecule has 0 fully saturated rings. The molecule has 2 rings (SSSR count). The molecule has 0 spiro atoms. The Hall–Kier alpha value is -3.00. The largest absolute Gasteiger partial charge is 0.385 e. The van der Waals surface area contributed by atoms with Gasteiger partial charge in [-0.1, -0.05) is 6.07 Å². The molecule has 25 heavy (non-hydrogen) atoms. The van der Waals surface area contributed by atoms with E-state index >= 15 is 0 Å². The fourth-order valence-corrected chi connectivity index (χ4v) is 2.06. The number of hydrogen-bond donors (Lipinski definition) is 3. The fourth-order valence-electron chi connectivity index (χ4n) is 2.06. The van der Waals surface area contributed by atoms with E-state index in [0.29, 0.717) is 30.5 Å². The molecular weight excluding hydrogens is 322 g/mol. The molecule has 0 aliphatic rings. The van der Waals surface area contributed by atoms with Crippen LogP contribution in [0.4, 0.5) is 17.3 Å². The van der Waals surface area contributed by atoms with Gasteiger partial charge in [-0.2, -0.15) is 0 Å². The molecule has 0 aliphatic carbocycles. The first kappa shape index (κ1) is 18.3. The van der Waals surface area contributed by atoms with Gasteiger partial charge in [0.05, 0.1) is 0 Å². The van der Waals surface area contributed by atoms with Gasteiger partial charge < -0.3 is 20.7 Å². The second kappa shape index (κ2) is 9.33. The molecule has 8 heteroatoms. The zero-order chi connectivity index (χ0) is 18.1. The Morgan fingerprint density at radius 2 is 2.00 bits per heavy atom. The molecule has 1 heterocycles. The van der Waals surface area contributed by atoms with Crippen LogP contribution in [0.15, 0.2) is 36.5 Å². The van der Waals surface area contributed by atoms with Gasteiger partial charge >= 0.3 is 0 Å². The van der Waals surface area contributed by atoms with E-state index in [4.69, 9.17) is 4.74 Å². The predicted molar refractivity (Wildman–Crippen MR) is 94.9 cm³/mol. The lowest BCUT2D eigenvalue weighted by molar-refractivity contribution is -0.114. The molecule has 0 saturated carbocycles. The van der Waals surface area contributed by atoms with E-state index in [9.17, 15) is 9.59 Å². The summed E-state index contributed by atoms with van der Waals surface area (Å²) in [6.45, 7) is 2.54. The molecule has 2 aromatic rings. The van der Waals surface area contributed by atoms with Crippen molar-refractivity contribution >= 4 is 29.1 Å². The lowest BCUT2D eigenvalue weighted by Crippen LogP contribution is -2.26. The number of amides is 2. The van der Waals surface area contributed by atoms with Gasteiger partial charge in [-0.3, -0.25) is 9.59 Å². The van der Waals surface area contributed by atoms with Gasteiger partial charge in [0.25, 0.3) is 5.91 Å². The summed E-state index contributed by atoms with van der Waals surface area (Å²) in [6, 6.07) is 8.68. The number of methoxy groups -OCH3 is 1. The molecule has 132 valence electrons. The van der Waals surface area contributed by atoms with Crippen LogP contribution < -0.4 is 16.0 Å². The van der Waals surface area contributed by atoms with Gasteiger partial charge in [-0.15, -0.1) is 0 Å². The van der Waals surface area contributed by atoms with Crippen LogP contribution in [0.25, 0.3) is 0 Å². The van der Waals surface area contributed by atoms with Gasteiger partial charge in [0.15, 0.2) is 0 Å². The summed E-state index contributed by atoms with van der Waals surface area (Å²) in [5.41, 5.74) is 1.63. The topological polar surface area (TPSA) is 105 Å². The van der Waals surface area contributed by atoms with Crippen LogP contribution in [0.3, 0.4) is 0 Å². The number of aromatic nitrogens is 2. The lowest BCUT2D eigenvalue weighted by Gasteiger charge is -2.09. The van der Waals surface area contributed by atoms with Crippen molar-refractivity contribution in [2.24, 2.45) is 0 Å². The van der Waals surface area contributed by atoms with Gasteiger partial charge in [-0.05, 0) is 30.7 Å². The molecule has 0 atom stereocenters. The van der Waals surface area contributed by atoms with E-state index in [1.165, 1.54) is 13.1 Å². The average Bonchev–Trinajstić information content (AvgIpc) is 2.58. The maximum Gasteiger partial charge on any atom is 0.270 e. The SMILES string of the molecule is COCCCNC(=O)c1ccnc(Nc2cccc(NC(C)=O)c2)n1. The minimum atomic E-state index is -0.270. The number of anilines is 3. The van der Waals surface area contributed by atoms with Crippen LogP contribution in [0.2, 0.25) is 0 Å². The molecule has 2 amide bonds. The second-order valence-electron chi connectivity index (χ2n) is 5.25.